The Morgan fingerprint density at radius 2 is 2.15 bits per heavy atom. The first-order valence-corrected chi connectivity index (χ1v) is 4.19. The number of pyridine rings is 1. The van der Waals surface area contributed by atoms with E-state index in [-0.39, 0.29) is 16.6 Å². The van der Waals surface area contributed by atoms with Crippen LogP contribution in [0.2, 0.25) is 5.02 Å². The van der Waals surface area contributed by atoms with Crippen molar-refractivity contribution >= 4 is 23.2 Å². The molecule has 0 amide bonds. The van der Waals surface area contributed by atoms with E-state index in [0.717, 1.165) is 6.20 Å². The monoisotopic (exact) mass is 227 g/mol. The Bertz CT molecular complexity index is 320. The van der Waals surface area contributed by atoms with Gasteiger partial charge in [-0.05, 0) is 0 Å². The third-order valence-corrected chi connectivity index (χ3v) is 2.02. The molecule has 0 saturated heterocycles. The fraction of sp³-hybridized carbons (Fsp3) is 0.286. The van der Waals surface area contributed by atoms with Gasteiger partial charge < -0.3 is 5.11 Å². The average molecular weight is 228 g/mol. The first-order chi connectivity index (χ1) is 6.07. The van der Waals surface area contributed by atoms with Crippen LogP contribution < -0.4 is 0 Å². The first kappa shape index (κ1) is 10.5. The van der Waals surface area contributed by atoms with Gasteiger partial charge in [-0.25, -0.2) is 8.78 Å². The van der Waals surface area contributed by atoms with E-state index in [9.17, 15) is 13.9 Å². The zero-order valence-corrected chi connectivity index (χ0v) is 7.78. The van der Waals surface area contributed by atoms with Crippen molar-refractivity contribution in [3.8, 4) is 5.75 Å². The molecule has 1 aromatic rings. The van der Waals surface area contributed by atoms with Crippen LogP contribution in [0.15, 0.2) is 6.20 Å². The van der Waals surface area contributed by atoms with E-state index in [1.54, 1.807) is 0 Å². The molecule has 0 aliphatic carbocycles. The number of nitrogens with zero attached hydrogens (tertiary/aromatic N) is 1. The average Bonchev–Trinajstić information content (AvgIpc) is 2.04. The molecular weight excluding hydrogens is 223 g/mol. The van der Waals surface area contributed by atoms with Crippen LogP contribution in [-0.4, -0.2) is 10.1 Å². The highest BCUT2D eigenvalue weighted by atomic mass is 35.5. The normalized spacial score (nSPS) is 10.8. The summed E-state index contributed by atoms with van der Waals surface area (Å²) in [5.74, 6) is -0.764. The second-order valence-electron chi connectivity index (χ2n) is 2.25. The summed E-state index contributed by atoms with van der Waals surface area (Å²) in [4.78, 5) is 3.59. The van der Waals surface area contributed by atoms with Gasteiger partial charge in [-0.3, -0.25) is 4.98 Å². The van der Waals surface area contributed by atoms with Gasteiger partial charge in [0.05, 0.1) is 22.2 Å². The molecule has 0 aliphatic heterocycles. The number of aromatic nitrogens is 1. The number of hydrogen-bond acceptors (Lipinski definition) is 2. The van der Waals surface area contributed by atoms with Crippen LogP contribution in [0, 0.1) is 0 Å². The van der Waals surface area contributed by atoms with Crippen LogP contribution in [0.5, 0.6) is 5.75 Å². The van der Waals surface area contributed by atoms with Gasteiger partial charge in [0, 0.05) is 6.20 Å². The second-order valence-corrected chi connectivity index (χ2v) is 2.92. The number of hydrogen-bond donors (Lipinski definition) is 1. The number of aromatic hydroxyl groups is 1. The topological polar surface area (TPSA) is 33.1 Å². The number of alkyl halides is 3. The first-order valence-electron chi connectivity index (χ1n) is 3.28. The lowest BCUT2D eigenvalue weighted by Gasteiger charge is -2.07. The molecule has 2 nitrogen and oxygen atoms in total. The van der Waals surface area contributed by atoms with E-state index in [0.29, 0.717) is 0 Å². The van der Waals surface area contributed by atoms with Crippen LogP contribution >= 0.6 is 23.2 Å². The Hall–Kier alpha value is -0.610. The molecule has 1 N–H and O–H groups in total. The molecule has 1 aromatic heterocycles. The van der Waals surface area contributed by atoms with Gasteiger partial charge in [-0.15, -0.1) is 11.6 Å². The Balaban J connectivity index is 3.30. The van der Waals surface area contributed by atoms with Crippen molar-refractivity contribution in [2.45, 2.75) is 12.3 Å². The van der Waals surface area contributed by atoms with E-state index in [4.69, 9.17) is 23.2 Å². The molecule has 0 atom stereocenters. The largest absolute Gasteiger partial charge is 0.505 e. The molecule has 0 radical (unpaired) electrons. The fourth-order valence-corrected chi connectivity index (χ4v) is 1.26. The number of halogens is 4. The maximum atomic E-state index is 12.3. The SMILES string of the molecule is Oc1c(CCl)ncc(Cl)c1C(F)F. The lowest BCUT2D eigenvalue weighted by molar-refractivity contribution is 0.147. The summed E-state index contributed by atoms with van der Waals surface area (Å²) in [5, 5.41) is 8.97. The van der Waals surface area contributed by atoms with Crippen molar-refractivity contribution in [2.75, 3.05) is 0 Å². The summed E-state index contributed by atoms with van der Waals surface area (Å²) in [6.07, 6.45) is -1.79. The lowest BCUT2D eigenvalue weighted by atomic mass is 10.2. The van der Waals surface area contributed by atoms with Crippen molar-refractivity contribution in [1.29, 1.82) is 0 Å². The molecule has 0 aliphatic rings. The summed E-state index contributed by atoms with van der Waals surface area (Å²) in [6.45, 7) is 0. The van der Waals surface area contributed by atoms with Gasteiger partial charge in [0.1, 0.15) is 5.75 Å². The molecule has 13 heavy (non-hydrogen) atoms. The second kappa shape index (κ2) is 4.07. The van der Waals surface area contributed by atoms with Crippen LogP contribution in [0.25, 0.3) is 0 Å². The summed E-state index contributed by atoms with van der Waals surface area (Å²) >= 11 is 10.8. The molecule has 0 bridgehead atoms. The molecule has 72 valence electrons. The molecule has 0 spiro atoms. The highest BCUT2D eigenvalue weighted by Gasteiger charge is 2.20. The zero-order chi connectivity index (χ0) is 10.0. The molecule has 0 saturated carbocycles. The van der Waals surface area contributed by atoms with Crippen molar-refractivity contribution < 1.29 is 13.9 Å². The van der Waals surface area contributed by atoms with E-state index in [1.807, 2.05) is 0 Å². The van der Waals surface area contributed by atoms with Crippen molar-refractivity contribution in [3.05, 3.63) is 22.5 Å². The van der Waals surface area contributed by atoms with E-state index < -0.39 is 17.7 Å². The Labute approximate surface area is 83.1 Å². The molecule has 1 heterocycles. The smallest absolute Gasteiger partial charge is 0.268 e. The molecule has 0 fully saturated rings. The van der Waals surface area contributed by atoms with Crippen LogP contribution in [0.1, 0.15) is 17.7 Å². The van der Waals surface area contributed by atoms with Gasteiger partial charge in [-0.1, -0.05) is 11.6 Å². The van der Waals surface area contributed by atoms with Crippen molar-refractivity contribution in [3.63, 3.8) is 0 Å². The fourth-order valence-electron chi connectivity index (χ4n) is 0.839. The quantitative estimate of drug-likeness (QED) is 0.788. The van der Waals surface area contributed by atoms with Gasteiger partial charge in [-0.2, -0.15) is 0 Å². The summed E-state index contributed by atoms with van der Waals surface area (Å²) < 4.78 is 24.6. The van der Waals surface area contributed by atoms with Crippen LogP contribution in [-0.2, 0) is 5.88 Å². The molecule has 0 unspecified atom stereocenters. The van der Waals surface area contributed by atoms with Crippen molar-refractivity contribution in [1.82, 2.24) is 4.98 Å². The number of rotatable bonds is 2. The maximum absolute atomic E-state index is 12.3. The molecular formula is C7H5Cl2F2NO. The van der Waals surface area contributed by atoms with Gasteiger partial charge in [0.2, 0.25) is 0 Å². The maximum Gasteiger partial charge on any atom is 0.268 e. The minimum absolute atomic E-state index is 0.00127. The highest BCUT2D eigenvalue weighted by Crippen LogP contribution is 2.36. The standard InChI is InChI=1S/C7H5Cl2F2NO/c8-1-4-6(13)5(7(10)11)3(9)2-12-4/h2,7,13H,1H2. The Morgan fingerprint density at radius 1 is 1.54 bits per heavy atom. The third kappa shape index (κ3) is 2.00. The third-order valence-electron chi connectivity index (χ3n) is 1.46. The molecule has 6 heteroatoms. The van der Waals surface area contributed by atoms with Crippen LogP contribution in [0.4, 0.5) is 8.78 Å². The Morgan fingerprint density at radius 3 is 2.62 bits per heavy atom. The predicted octanol–water partition coefficient (Wildman–Crippen LogP) is 3.12. The minimum atomic E-state index is -2.84. The summed E-state index contributed by atoms with van der Waals surface area (Å²) in [7, 11) is 0. The minimum Gasteiger partial charge on any atom is -0.505 e. The summed E-state index contributed by atoms with van der Waals surface area (Å²) in [5.41, 5.74) is -0.617. The highest BCUT2D eigenvalue weighted by molar-refractivity contribution is 6.31. The predicted molar refractivity (Wildman–Crippen MR) is 45.4 cm³/mol. The van der Waals surface area contributed by atoms with E-state index in [1.165, 1.54) is 0 Å². The molecule has 1 rings (SSSR count). The van der Waals surface area contributed by atoms with E-state index in [2.05, 4.69) is 4.98 Å². The van der Waals surface area contributed by atoms with Gasteiger partial charge in [0.25, 0.3) is 6.43 Å². The van der Waals surface area contributed by atoms with E-state index >= 15 is 0 Å². The lowest BCUT2D eigenvalue weighted by Crippen LogP contribution is -1.94. The molecule has 0 aromatic carbocycles. The van der Waals surface area contributed by atoms with Crippen LogP contribution in [0.3, 0.4) is 0 Å². The summed E-state index contributed by atoms with van der Waals surface area (Å²) in [6, 6.07) is 0. The van der Waals surface area contributed by atoms with Crippen molar-refractivity contribution in [2.24, 2.45) is 0 Å². The zero-order valence-electron chi connectivity index (χ0n) is 6.27. The van der Waals surface area contributed by atoms with Gasteiger partial charge in [0.15, 0.2) is 0 Å². The Kier molecular flexibility index (Phi) is 3.27. The van der Waals surface area contributed by atoms with Gasteiger partial charge >= 0.3 is 0 Å².